The number of nitrogens with two attached hydrogens (primary N) is 1. The molecule has 1 unspecified atom stereocenters. The van der Waals surface area contributed by atoms with E-state index in [-0.39, 0.29) is 12.5 Å². The van der Waals surface area contributed by atoms with Crippen LogP contribution in [-0.2, 0) is 4.74 Å². The Bertz CT molecular complexity index is 1190. The van der Waals surface area contributed by atoms with Crippen molar-refractivity contribution in [2.45, 2.75) is 38.7 Å². The lowest BCUT2D eigenvalue weighted by atomic mass is 10.1. The number of aromatic nitrogens is 2. The molecule has 0 bridgehead atoms. The van der Waals surface area contributed by atoms with Crippen LogP contribution in [0.4, 0.5) is 0 Å². The molecular weight excluding hydrogens is 430 g/mol. The number of rotatable bonds is 9. The van der Waals surface area contributed by atoms with Crippen LogP contribution in [0.2, 0.25) is 0 Å². The Hall–Kier alpha value is -3.09. The van der Waals surface area contributed by atoms with Gasteiger partial charge in [0.15, 0.2) is 5.78 Å². The van der Waals surface area contributed by atoms with Crippen molar-refractivity contribution in [1.29, 1.82) is 5.26 Å². The minimum atomic E-state index is -0.763. The van der Waals surface area contributed by atoms with E-state index >= 15 is 0 Å². The molecule has 178 valence electrons. The Labute approximate surface area is 199 Å². The molecule has 34 heavy (non-hydrogen) atoms. The highest BCUT2D eigenvalue weighted by Crippen LogP contribution is 2.31. The van der Waals surface area contributed by atoms with Crippen LogP contribution in [0.15, 0.2) is 36.5 Å². The van der Waals surface area contributed by atoms with Crippen molar-refractivity contribution in [3.8, 4) is 11.8 Å². The summed E-state index contributed by atoms with van der Waals surface area (Å²) in [5, 5.41) is 19.8. The number of nitrogens with zero attached hydrogens (tertiary/aromatic N) is 4. The van der Waals surface area contributed by atoms with Crippen LogP contribution in [-0.4, -0.2) is 58.3 Å². The highest BCUT2D eigenvalue weighted by Gasteiger charge is 2.25. The van der Waals surface area contributed by atoms with Crippen LogP contribution < -0.4 is 5.73 Å². The second kappa shape index (κ2) is 10.9. The SMILES string of the molecule is Cc1c(C(=O)CN2CCCCC2)c2ncc(C(O)CCOCN)cc2n1-c1ccc(C#N)cc1. The third kappa shape index (κ3) is 5.03. The maximum absolute atomic E-state index is 13.5. The first-order valence-electron chi connectivity index (χ1n) is 11.8. The van der Waals surface area contributed by atoms with E-state index in [1.54, 1.807) is 18.3 Å². The minimum absolute atomic E-state index is 0.0499. The zero-order valence-electron chi connectivity index (χ0n) is 19.5. The number of carbonyl (C=O) groups excluding carboxylic acids is 1. The van der Waals surface area contributed by atoms with Crippen LogP contribution in [0.1, 0.15) is 59.0 Å². The summed E-state index contributed by atoms with van der Waals surface area (Å²) in [6.45, 7) is 4.61. The van der Waals surface area contributed by atoms with Gasteiger partial charge in [-0.15, -0.1) is 0 Å². The third-order valence-corrected chi connectivity index (χ3v) is 6.45. The summed E-state index contributed by atoms with van der Waals surface area (Å²) >= 11 is 0. The lowest BCUT2D eigenvalue weighted by molar-refractivity contribution is 0.0852. The van der Waals surface area contributed by atoms with E-state index in [0.29, 0.717) is 41.8 Å². The molecular formula is C26H31N5O3. The van der Waals surface area contributed by atoms with Crippen LogP contribution in [0.3, 0.4) is 0 Å². The van der Waals surface area contributed by atoms with Crippen LogP contribution in [0, 0.1) is 18.3 Å². The number of pyridine rings is 1. The minimum Gasteiger partial charge on any atom is -0.388 e. The Morgan fingerprint density at radius 3 is 2.68 bits per heavy atom. The molecule has 2 aromatic heterocycles. The number of fused-ring (bicyclic) bond motifs is 1. The molecule has 3 N–H and O–H groups in total. The van der Waals surface area contributed by atoms with Gasteiger partial charge < -0.3 is 20.1 Å². The van der Waals surface area contributed by atoms with E-state index < -0.39 is 6.10 Å². The molecule has 1 aromatic carbocycles. The summed E-state index contributed by atoms with van der Waals surface area (Å²) in [6, 6.07) is 11.3. The van der Waals surface area contributed by atoms with E-state index in [4.69, 9.17) is 10.5 Å². The van der Waals surface area contributed by atoms with Crippen molar-refractivity contribution in [2.75, 3.05) is 33.0 Å². The van der Waals surface area contributed by atoms with Gasteiger partial charge in [-0.1, -0.05) is 6.42 Å². The molecule has 1 aliphatic heterocycles. The second-order valence-corrected chi connectivity index (χ2v) is 8.73. The van der Waals surface area contributed by atoms with Crippen molar-refractivity contribution >= 4 is 16.8 Å². The number of nitriles is 1. The monoisotopic (exact) mass is 461 g/mol. The summed E-state index contributed by atoms with van der Waals surface area (Å²) < 4.78 is 7.16. The van der Waals surface area contributed by atoms with Gasteiger partial charge in [0.25, 0.3) is 0 Å². The van der Waals surface area contributed by atoms with Gasteiger partial charge >= 0.3 is 0 Å². The van der Waals surface area contributed by atoms with Crippen molar-refractivity contribution in [3.05, 3.63) is 58.9 Å². The highest BCUT2D eigenvalue weighted by atomic mass is 16.5. The zero-order chi connectivity index (χ0) is 24.1. The van der Waals surface area contributed by atoms with Crippen LogP contribution in [0.25, 0.3) is 16.7 Å². The third-order valence-electron chi connectivity index (χ3n) is 6.45. The Balaban J connectivity index is 1.77. The maximum Gasteiger partial charge on any atom is 0.180 e. The average molecular weight is 462 g/mol. The lowest BCUT2D eigenvalue weighted by Crippen LogP contribution is -2.34. The van der Waals surface area contributed by atoms with Crippen molar-refractivity contribution in [3.63, 3.8) is 0 Å². The molecule has 0 aliphatic carbocycles. The topological polar surface area (TPSA) is 117 Å². The summed E-state index contributed by atoms with van der Waals surface area (Å²) in [6.07, 6.45) is 4.71. The number of carbonyl (C=O) groups is 1. The van der Waals surface area contributed by atoms with Crippen molar-refractivity contribution in [2.24, 2.45) is 5.73 Å². The molecule has 4 rings (SSSR count). The number of Topliss-reactive ketones (excluding diaryl/α,β-unsaturated/α-hetero) is 1. The Morgan fingerprint density at radius 2 is 2.00 bits per heavy atom. The lowest BCUT2D eigenvalue weighted by Gasteiger charge is -2.25. The summed E-state index contributed by atoms with van der Waals surface area (Å²) in [4.78, 5) is 20.3. The maximum atomic E-state index is 13.5. The molecule has 3 aromatic rings. The van der Waals surface area contributed by atoms with Gasteiger partial charge in [0.05, 0.1) is 54.2 Å². The normalized spacial score (nSPS) is 15.4. The fourth-order valence-corrected chi connectivity index (χ4v) is 4.67. The largest absolute Gasteiger partial charge is 0.388 e. The van der Waals surface area contributed by atoms with Gasteiger partial charge in [0, 0.05) is 29.6 Å². The van der Waals surface area contributed by atoms with Gasteiger partial charge in [-0.05, 0) is 63.2 Å². The van der Waals surface area contributed by atoms with E-state index in [0.717, 1.165) is 42.8 Å². The quantitative estimate of drug-likeness (QED) is 0.285. The number of aliphatic hydroxyl groups excluding tert-OH is 1. The average Bonchev–Trinajstić information content (AvgIpc) is 3.15. The van der Waals surface area contributed by atoms with E-state index in [2.05, 4.69) is 16.0 Å². The summed E-state index contributed by atoms with van der Waals surface area (Å²) in [7, 11) is 0. The first kappa shape index (κ1) is 24.0. The molecule has 8 nitrogen and oxygen atoms in total. The predicted molar refractivity (Wildman–Crippen MR) is 130 cm³/mol. The van der Waals surface area contributed by atoms with Gasteiger partial charge in [0.1, 0.15) is 0 Å². The number of hydrogen-bond acceptors (Lipinski definition) is 7. The standard InChI is InChI=1S/C26H31N5O3/c1-18-25(24(33)16-30-10-3-2-4-11-30)26-22(31(18)21-7-5-19(14-27)6-8-21)13-20(15-29-26)23(32)9-12-34-17-28/h5-8,13,15,23,32H,2-4,9-12,16-17,28H2,1H3. The van der Waals surface area contributed by atoms with E-state index in [9.17, 15) is 15.2 Å². The number of benzene rings is 1. The van der Waals surface area contributed by atoms with Crippen LogP contribution in [0.5, 0.6) is 0 Å². The number of likely N-dealkylation sites (tertiary alicyclic amines) is 1. The molecule has 1 aliphatic rings. The number of aliphatic hydroxyl groups is 1. The second-order valence-electron chi connectivity index (χ2n) is 8.73. The van der Waals surface area contributed by atoms with E-state index in [1.807, 2.05) is 29.7 Å². The molecule has 1 atom stereocenters. The zero-order valence-corrected chi connectivity index (χ0v) is 19.5. The molecule has 8 heteroatoms. The molecule has 0 radical (unpaired) electrons. The number of ketones is 1. The van der Waals surface area contributed by atoms with Crippen molar-refractivity contribution < 1.29 is 14.6 Å². The van der Waals surface area contributed by atoms with Crippen LogP contribution >= 0.6 is 0 Å². The van der Waals surface area contributed by atoms with Gasteiger partial charge in [-0.25, -0.2) is 0 Å². The highest BCUT2D eigenvalue weighted by molar-refractivity contribution is 6.09. The first-order valence-corrected chi connectivity index (χ1v) is 11.8. The summed E-state index contributed by atoms with van der Waals surface area (Å²) in [5.41, 5.74) is 10.2. The number of hydrogen-bond donors (Lipinski definition) is 2. The fourth-order valence-electron chi connectivity index (χ4n) is 4.67. The van der Waals surface area contributed by atoms with Gasteiger partial charge in [-0.3, -0.25) is 14.7 Å². The van der Waals surface area contributed by atoms with E-state index in [1.165, 1.54) is 6.42 Å². The number of piperidine rings is 1. The Morgan fingerprint density at radius 1 is 1.26 bits per heavy atom. The predicted octanol–water partition coefficient (Wildman–Crippen LogP) is 3.23. The molecule has 3 heterocycles. The smallest absolute Gasteiger partial charge is 0.180 e. The van der Waals surface area contributed by atoms with Crippen molar-refractivity contribution in [1.82, 2.24) is 14.5 Å². The van der Waals surface area contributed by atoms with Gasteiger partial charge in [0.2, 0.25) is 0 Å². The molecule has 0 saturated carbocycles. The molecule has 1 fully saturated rings. The molecule has 0 spiro atoms. The number of ether oxygens (including phenoxy) is 1. The fraction of sp³-hybridized carbons (Fsp3) is 0.423. The summed E-state index contributed by atoms with van der Waals surface area (Å²) in [5.74, 6) is 0.0499. The Kier molecular flexibility index (Phi) is 7.70. The van der Waals surface area contributed by atoms with Gasteiger partial charge in [-0.2, -0.15) is 5.26 Å². The first-order chi connectivity index (χ1) is 16.5. The molecule has 1 saturated heterocycles. The molecule has 0 amide bonds.